The van der Waals surface area contributed by atoms with Crippen LogP contribution in [0.3, 0.4) is 0 Å². The normalized spacial score (nSPS) is 14.6. The summed E-state index contributed by atoms with van der Waals surface area (Å²) in [4.78, 5) is 4.82. The van der Waals surface area contributed by atoms with Crippen LogP contribution >= 0.6 is 0 Å². The van der Waals surface area contributed by atoms with Crippen LogP contribution in [0.2, 0.25) is 0 Å². The SMILES string of the molecule is CCc1cnn2c(NCc3cccc(C#N)c3)cc(NCC3CCNCC3)nc12. The van der Waals surface area contributed by atoms with Crippen LogP contribution in [-0.4, -0.2) is 34.2 Å². The average molecular weight is 390 g/mol. The van der Waals surface area contributed by atoms with Gasteiger partial charge in [-0.05, 0) is 56.0 Å². The molecule has 1 fully saturated rings. The molecule has 3 N–H and O–H groups in total. The molecule has 7 nitrogen and oxygen atoms in total. The van der Waals surface area contributed by atoms with Crippen LogP contribution in [0, 0.1) is 17.2 Å². The Morgan fingerprint density at radius 1 is 1.24 bits per heavy atom. The van der Waals surface area contributed by atoms with E-state index in [0.29, 0.717) is 18.0 Å². The molecule has 4 rings (SSSR count). The van der Waals surface area contributed by atoms with Gasteiger partial charge in [0.15, 0.2) is 5.65 Å². The molecule has 1 aromatic carbocycles. The van der Waals surface area contributed by atoms with Gasteiger partial charge in [0, 0.05) is 24.7 Å². The maximum Gasteiger partial charge on any atom is 0.162 e. The van der Waals surface area contributed by atoms with Crippen LogP contribution in [0.4, 0.5) is 11.6 Å². The predicted octanol–water partition coefficient (Wildman–Crippen LogP) is 3.19. The van der Waals surface area contributed by atoms with Crippen LogP contribution in [0.5, 0.6) is 0 Å². The van der Waals surface area contributed by atoms with Gasteiger partial charge < -0.3 is 16.0 Å². The fourth-order valence-electron chi connectivity index (χ4n) is 3.75. The number of fused-ring (bicyclic) bond motifs is 1. The number of hydrogen-bond donors (Lipinski definition) is 3. The number of benzene rings is 1. The monoisotopic (exact) mass is 389 g/mol. The Morgan fingerprint density at radius 2 is 2.10 bits per heavy atom. The van der Waals surface area contributed by atoms with Crippen molar-refractivity contribution >= 4 is 17.3 Å². The van der Waals surface area contributed by atoms with E-state index in [1.165, 1.54) is 12.8 Å². The summed E-state index contributed by atoms with van der Waals surface area (Å²) in [5.74, 6) is 2.44. The molecule has 3 heterocycles. The van der Waals surface area contributed by atoms with E-state index in [2.05, 4.69) is 34.0 Å². The molecule has 0 radical (unpaired) electrons. The molecule has 0 aliphatic carbocycles. The predicted molar refractivity (Wildman–Crippen MR) is 115 cm³/mol. The summed E-state index contributed by atoms with van der Waals surface area (Å²) in [6.45, 7) is 5.86. The van der Waals surface area contributed by atoms with Gasteiger partial charge in [-0.1, -0.05) is 19.1 Å². The van der Waals surface area contributed by atoms with Gasteiger partial charge >= 0.3 is 0 Å². The van der Waals surface area contributed by atoms with Gasteiger partial charge in [0.25, 0.3) is 0 Å². The van der Waals surface area contributed by atoms with E-state index in [1.807, 2.05) is 41.0 Å². The van der Waals surface area contributed by atoms with Gasteiger partial charge in [0.05, 0.1) is 17.8 Å². The Labute approximate surface area is 171 Å². The Hall–Kier alpha value is -3.11. The molecule has 2 aromatic heterocycles. The highest BCUT2D eigenvalue weighted by molar-refractivity contribution is 5.60. The Kier molecular flexibility index (Phi) is 5.92. The summed E-state index contributed by atoms with van der Waals surface area (Å²) in [5.41, 5.74) is 3.74. The van der Waals surface area contributed by atoms with Crippen molar-refractivity contribution in [2.75, 3.05) is 30.3 Å². The summed E-state index contributed by atoms with van der Waals surface area (Å²) in [5, 5.41) is 24.1. The number of nitriles is 1. The number of aryl methyl sites for hydroxylation is 1. The van der Waals surface area contributed by atoms with Crippen molar-refractivity contribution in [3.8, 4) is 6.07 Å². The van der Waals surface area contributed by atoms with Crippen molar-refractivity contribution in [1.82, 2.24) is 19.9 Å². The lowest BCUT2D eigenvalue weighted by Crippen LogP contribution is -2.31. The molecule has 29 heavy (non-hydrogen) atoms. The molecule has 1 aliphatic rings. The van der Waals surface area contributed by atoms with E-state index in [9.17, 15) is 0 Å². The van der Waals surface area contributed by atoms with Crippen molar-refractivity contribution in [1.29, 1.82) is 5.26 Å². The zero-order valence-electron chi connectivity index (χ0n) is 16.8. The molecule has 0 amide bonds. The number of aromatic nitrogens is 3. The third-order valence-corrected chi connectivity index (χ3v) is 5.49. The minimum absolute atomic E-state index is 0.615. The highest BCUT2D eigenvalue weighted by Gasteiger charge is 2.15. The quantitative estimate of drug-likeness (QED) is 0.575. The number of nitrogens with zero attached hydrogens (tertiary/aromatic N) is 4. The largest absolute Gasteiger partial charge is 0.370 e. The van der Waals surface area contributed by atoms with Gasteiger partial charge in [-0.2, -0.15) is 14.9 Å². The summed E-state index contributed by atoms with van der Waals surface area (Å²) < 4.78 is 1.86. The van der Waals surface area contributed by atoms with Crippen LogP contribution in [0.25, 0.3) is 5.65 Å². The van der Waals surface area contributed by atoms with Crippen LogP contribution in [0.15, 0.2) is 36.5 Å². The van der Waals surface area contributed by atoms with Crippen molar-refractivity contribution in [3.05, 3.63) is 53.2 Å². The summed E-state index contributed by atoms with van der Waals surface area (Å²) in [6, 6.07) is 11.9. The first-order valence-electron chi connectivity index (χ1n) is 10.3. The molecule has 0 atom stereocenters. The molecule has 0 spiro atoms. The second-order valence-electron chi connectivity index (χ2n) is 7.53. The third-order valence-electron chi connectivity index (χ3n) is 5.49. The van der Waals surface area contributed by atoms with Crippen molar-refractivity contribution in [3.63, 3.8) is 0 Å². The van der Waals surface area contributed by atoms with Gasteiger partial charge in [0.1, 0.15) is 11.6 Å². The number of anilines is 2. The highest BCUT2D eigenvalue weighted by atomic mass is 15.3. The van der Waals surface area contributed by atoms with Crippen LogP contribution < -0.4 is 16.0 Å². The molecule has 0 bridgehead atoms. The molecule has 150 valence electrons. The Morgan fingerprint density at radius 3 is 2.90 bits per heavy atom. The third kappa shape index (κ3) is 4.49. The standard InChI is InChI=1S/C22H27N7/c1-2-19-15-27-29-21(26-14-18-5-3-4-17(10-18)12-23)11-20(28-22(19)29)25-13-16-6-8-24-9-7-16/h3-5,10-11,15-16,24,26H,2,6-9,13-14H2,1H3,(H,25,28). The topological polar surface area (TPSA) is 90.1 Å². The zero-order valence-corrected chi connectivity index (χ0v) is 16.8. The van der Waals surface area contributed by atoms with E-state index >= 15 is 0 Å². The molecule has 0 saturated carbocycles. The van der Waals surface area contributed by atoms with E-state index < -0.39 is 0 Å². The fourth-order valence-corrected chi connectivity index (χ4v) is 3.75. The highest BCUT2D eigenvalue weighted by Crippen LogP contribution is 2.21. The van der Waals surface area contributed by atoms with Gasteiger partial charge in [0.2, 0.25) is 0 Å². The van der Waals surface area contributed by atoms with E-state index in [4.69, 9.17) is 10.2 Å². The molecule has 1 aliphatic heterocycles. The van der Waals surface area contributed by atoms with Gasteiger partial charge in [-0.15, -0.1) is 0 Å². The maximum atomic E-state index is 9.12. The van der Waals surface area contributed by atoms with Gasteiger partial charge in [-0.3, -0.25) is 0 Å². The minimum atomic E-state index is 0.615. The van der Waals surface area contributed by atoms with E-state index in [-0.39, 0.29) is 0 Å². The van der Waals surface area contributed by atoms with Crippen molar-refractivity contribution in [2.45, 2.75) is 32.7 Å². The van der Waals surface area contributed by atoms with Crippen LogP contribution in [0.1, 0.15) is 36.5 Å². The van der Waals surface area contributed by atoms with Crippen LogP contribution in [-0.2, 0) is 13.0 Å². The summed E-state index contributed by atoms with van der Waals surface area (Å²) in [7, 11) is 0. The van der Waals surface area contributed by atoms with Gasteiger partial charge in [-0.25, -0.2) is 4.98 Å². The van der Waals surface area contributed by atoms with E-state index in [1.54, 1.807) is 0 Å². The molecule has 1 saturated heterocycles. The molecule has 3 aromatic rings. The minimum Gasteiger partial charge on any atom is -0.370 e. The second kappa shape index (κ2) is 8.93. The number of nitrogens with one attached hydrogen (secondary N) is 3. The molecular weight excluding hydrogens is 362 g/mol. The lowest BCUT2D eigenvalue weighted by atomic mass is 9.98. The van der Waals surface area contributed by atoms with Crippen molar-refractivity contribution < 1.29 is 0 Å². The zero-order chi connectivity index (χ0) is 20.1. The Bertz CT molecular complexity index is 1010. The number of rotatable bonds is 7. The first-order valence-corrected chi connectivity index (χ1v) is 10.3. The smallest absolute Gasteiger partial charge is 0.162 e. The van der Waals surface area contributed by atoms with Crippen molar-refractivity contribution in [2.24, 2.45) is 5.92 Å². The maximum absolute atomic E-state index is 9.12. The summed E-state index contributed by atoms with van der Waals surface area (Å²) in [6.07, 6.45) is 5.17. The summed E-state index contributed by atoms with van der Waals surface area (Å²) >= 11 is 0. The first kappa shape index (κ1) is 19.2. The van der Waals surface area contributed by atoms with E-state index in [0.717, 1.165) is 54.5 Å². The second-order valence-corrected chi connectivity index (χ2v) is 7.53. The fraction of sp³-hybridized carbons (Fsp3) is 0.409. The molecule has 0 unspecified atom stereocenters. The molecule has 7 heteroatoms. The number of hydrogen-bond acceptors (Lipinski definition) is 6. The molecular formula is C22H27N7. The lowest BCUT2D eigenvalue weighted by Gasteiger charge is -2.23. The lowest BCUT2D eigenvalue weighted by molar-refractivity contribution is 0.389. The first-order chi connectivity index (χ1) is 14.3. The Balaban J connectivity index is 1.55. The number of piperidine rings is 1. The average Bonchev–Trinajstić information content (AvgIpc) is 3.20.